The summed E-state index contributed by atoms with van der Waals surface area (Å²) >= 11 is 0. The molecule has 0 fully saturated rings. The molecule has 6 nitrogen and oxygen atoms in total. The zero-order valence-corrected chi connectivity index (χ0v) is 8.42. The van der Waals surface area contributed by atoms with Crippen LogP contribution in [0.5, 0.6) is 0 Å². The lowest BCUT2D eigenvalue weighted by Gasteiger charge is -2.09. The minimum absolute atomic E-state index is 0.205. The maximum Gasteiger partial charge on any atom is 0.278 e. The van der Waals surface area contributed by atoms with Crippen LogP contribution in [0, 0.1) is 10.1 Å². The first kappa shape index (κ1) is 11.6. The van der Waals surface area contributed by atoms with Crippen LogP contribution < -0.4 is 0 Å². The minimum Gasteiger partial charge on any atom is -0.285 e. The fourth-order valence-electron chi connectivity index (χ4n) is 1.17. The Morgan fingerprint density at radius 2 is 1.87 bits per heavy atom. The van der Waals surface area contributed by atoms with Crippen molar-refractivity contribution in [3.8, 4) is 0 Å². The quantitative estimate of drug-likeness (QED) is 0.471. The molecule has 1 aromatic carbocycles. The highest BCUT2D eigenvalue weighted by atomic mass is 32.2. The van der Waals surface area contributed by atoms with Gasteiger partial charge in [-0.05, 0) is 5.56 Å². The number of benzene rings is 1. The van der Waals surface area contributed by atoms with Crippen LogP contribution in [0.15, 0.2) is 30.3 Å². The number of nitro groups is 1. The van der Waals surface area contributed by atoms with E-state index in [1.807, 2.05) is 0 Å². The molecule has 0 aromatic heterocycles. The first-order chi connectivity index (χ1) is 6.91. The van der Waals surface area contributed by atoms with Gasteiger partial charge in [0.1, 0.15) is 0 Å². The van der Waals surface area contributed by atoms with Crippen molar-refractivity contribution >= 4 is 10.1 Å². The summed E-state index contributed by atoms with van der Waals surface area (Å²) in [5.74, 6) is 0. The molecule has 0 aliphatic heterocycles. The Morgan fingerprint density at radius 1 is 1.33 bits per heavy atom. The third kappa shape index (κ3) is 3.30. The van der Waals surface area contributed by atoms with Crippen LogP contribution in [0.2, 0.25) is 0 Å². The van der Waals surface area contributed by atoms with Crippen LogP contribution in [0.4, 0.5) is 0 Å². The Hall–Kier alpha value is -1.47. The van der Waals surface area contributed by atoms with Gasteiger partial charge >= 0.3 is 0 Å². The second-order valence-corrected chi connectivity index (χ2v) is 4.53. The Balaban J connectivity index is 3.08. The van der Waals surface area contributed by atoms with Gasteiger partial charge in [-0.3, -0.25) is 14.7 Å². The molecule has 1 N–H and O–H groups in total. The Bertz CT molecular complexity index is 441. The zero-order chi connectivity index (χ0) is 11.5. The highest BCUT2D eigenvalue weighted by molar-refractivity contribution is 7.86. The molecule has 1 aromatic rings. The largest absolute Gasteiger partial charge is 0.285 e. The second kappa shape index (κ2) is 4.37. The number of hydrogen-bond acceptors (Lipinski definition) is 4. The highest BCUT2D eigenvalue weighted by Gasteiger charge is 2.29. The average Bonchev–Trinajstić information content (AvgIpc) is 2.14. The van der Waals surface area contributed by atoms with Gasteiger partial charge in [0.05, 0.1) is 0 Å². The van der Waals surface area contributed by atoms with E-state index >= 15 is 0 Å². The minimum atomic E-state index is -4.45. The van der Waals surface area contributed by atoms with Gasteiger partial charge in [-0.25, -0.2) is 0 Å². The van der Waals surface area contributed by atoms with Gasteiger partial charge in [-0.1, -0.05) is 30.3 Å². The normalized spacial score (nSPS) is 13.4. The molecule has 0 aliphatic rings. The molecule has 0 saturated heterocycles. The summed E-state index contributed by atoms with van der Waals surface area (Å²) < 4.78 is 30.7. The van der Waals surface area contributed by atoms with Crippen molar-refractivity contribution in [1.82, 2.24) is 0 Å². The van der Waals surface area contributed by atoms with E-state index in [9.17, 15) is 18.5 Å². The third-order valence-electron chi connectivity index (χ3n) is 1.85. The van der Waals surface area contributed by atoms with Crippen LogP contribution in [0.3, 0.4) is 0 Å². The summed E-state index contributed by atoms with van der Waals surface area (Å²) in [7, 11) is -4.45. The van der Waals surface area contributed by atoms with Gasteiger partial charge in [-0.15, -0.1) is 0 Å². The second-order valence-electron chi connectivity index (χ2n) is 2.93. The van der Waals surface area contributed by atoms with E-state index in [4.69, 9.17) is 4.55 Å². The summed E-state index contributed by atoms with van der Waals surface area (Å²) in [5.41, 5.74) is 0.205. The van der Waals surface area contributed by atoms with Gasteiger partial charge in [0, 0.05) is 4.92 Å². The van der Waals surface area contributed by atoms with Crippen molar-refractivity contribution in [2.45, 2.75) is 5.25 Å². The van der Waals surface area contributed by atoms with Crippen molar-refractivity contribution in [2.75, 3.05) is 6.54 Å². The lowest BCUT2D eigenvalue weighted by Crippen LogP contribution is -2.20. The molecule has 7 heteroatoms. The predicted octanol–water partition coefficient (Wildman–Crippen LogP) is 0.892. The molecule has 0 amide bonds. The standard InChI is InChI=1S/C8H9NO5S/c10-9(11)6-8(15(12,13)14)7-4-2-1-3-5-7/h1-5,8H,6H2,(H,12,13,14)/t8-/m0/s1. The summed E-state index contributed by atoms with van der Waals surface area (Å²) in [6.45, 7) is -0.844. The smallest absolute Gasteiger partial charge is 0.278 e. The van der Waals surface area contributed by atoms with Crippen molar-refractivity contribution in [1.29, 1.82) is 0 Å². The SMILES string of the molecule is O=[N+]([O-])C[C@@H](c1ccccc1)S(=O)(=O)O. The van der Waals surface area contributed by atoms with Gasteiger partial charge < -0.3 is 0 Å². The highest BCUT2D eigenvalue weighted by Crippen LogP contribution is 2.21. The first-order valence-corrected chi connectivity index (χ1v) is 5.54. The molecule has 0 bridgehead atoms. The Kier molecular flexibility index (Phi) is 3.38. The maximum atomic E-state index is 10.9. The molecular weight excluding hydrogens is 222 g/mol. The fourth-order valence-corrected chi connectivity index (χ4v) is 1.99. The van der Waals surface area contributed by atoms with Gasteiger partial charge in [0.2, 0.25) is 6.54 Å². The van der Waals surface area contributed by atoms with Crippen molar-refractivity contribution in [3.63, 3.8) is 0 Å². The predicted molar refractivity (Wildman–Crippen MR) is 52.6 cm³/mol. The molecule has 0 heterocycles. The zero-order valence-electron chi connectivity index (χ0n) is 7.61. The van der Waals surface area contributed by atoms with Crippen molar-refractivity contribution < 1.29 is 17.9 Å². The topological polar surface area (TPSA) is 97.5 Å². The van der Waals surface area contributed by atoms with Crippen LogP contribution in [0.1, 0.15) is 10.8 Å². The van der Waals surface area contributed by atoms with E-state index in [0.717, 1.165) is 0 Å². The Labute approximate surface area is 86.4 Å². The van der Waals surface area contributed by atoms with Crippen LogP contribution in [0.25, 0.3) is 0 Å². The molecule has 1 atom stereocenters. The van der Waals surface area contributed by atoms with Crippen molar-refractivity contribution in [3.05, 3.63) is 46.0 Å². The monoisotopic (exact) mass is 231 g/mol. The molecule has 15 heavy (non-hydrogen) atoms. The number of hydrogen-bond donors (Lipinski definition) is 1. The van der Waals surface area contributed by atoms with E-state index in [0.29, 0.717) is 0 Å². The van der Waals surface area contributed by atoms with Gasteiger partial charge in [-0.2, -0.15) is 8.42 Å². The summed E-state index contributed by atoms with van der Waals surface area (Å²) in [6, 6.07) is 7.58. The molecule has 0 saturated carbocycles. The third-order valence-corrected chi connectivity index (χ3v) is 2.99. The molecule has 0 radical (unpaired) electrons. The fraction of sp³-hybridized carbons (Fsp3) is 0.250. The Morgan fingerprint density at radius 3 is 2.27 bits per heavy atom. The van der Waals surface area contributed by atoms with Crippen LogP contribution in [-0.4, -0.2) is 24.4 Å². The van der Waals surface area contributed by atoms with E-state index in [1.165, 1.54) is 12.1 Å². The van der Waals surface area contributed by atoms with Gasteiger partial charge in [0.15, 0.2) is 5.25 Å². The van der Waals surface area contributed by atoms with E-state index in [-0.39, 0.29) is 5.56 Å². The molecule has 0 spiro atoms. The molecular formula is C8H9NO5S. The lowest BCUT2D eigenvalue weighted by molar-refractivity contribution is -0.480. The first-order valence-electron chi connectivity index (χ1n) is 4.04. The molecule has 0 aliphatic carbocycles. The van der Waals surface area contributed by atoms with E-state index in [2.05, 4.69) is 0 Å². The lowest BCUT2D eigenvalue weighted by atomic mass is 10.1. The maximum absolute atomic E-state index is 10.9. The number of nitrogens with zero attached hydrogens (tertiary/aromatic N) is 1. The summed E-state index contributed by atoms with van der Waals surface area (Å²) in [6.07, 6.45) is 0. The van der Waals surface area contributed by atoms with Crippen molar-refractivity contribution in [2.24, 2.45) is 0 Å². The molecule has 82 valence electrons. The molecule has 1 rings (SSSR count). The van der Waals surface area contributed by atoms with Crippen LogP contribution >= 0.6 is 0 Å². The molecule has 0 unspecified atom stereocenters. The number of rotatable bonds is 4. The summed E-state index contributed by atoms with van der Waals surface area (Å²) in [4.78, 5) is 9.49. The van der Waals surface area contributed by atoms with Crippen LogP contribution in [-0.2, 0) is 10.1 Å². The van der Waals surface area contributed by atoms with E-state index < -0.39 is 26.8 Å². The average molecular weight is 231 g/mol. The summed E-state index contributed by atoms with van der Waals surface area (Å²) in [5, 5.41) is 8.75. The van der Waals surface area contributed by atoms with Gasteiger partial charge in [0.25, 0.3) is 10.1 Å². The van der Waals surface area contributed by atoms with E-state index in [1.54, 1.807) is 18.2 Å².